The molecule has 1 aromatic carbocycles. The van der Waals surface area contributed by atoms with Gasteiger partial charge in [0, 0.05) is 30.4 Å². The fraction of sp³-hybridized carbons (Fsp3) is 0.238. The van der Waals surface area contributed by atoms with E-state index in [-0.39, 0.29) is 17.2 Å². The van der Waals surface area contributed by atoms with Crippen molar-refractivity contribution < 1.29 is 18.8 Å². The van der Waals surface area contributed by atoms with Crippen LogP contribution in [0.25, 0.3) is 10.6 Å². The van der Waals surface area contributed by atoms with Crippen LogP contribution in [0.1, 0.15) is 32.5 Å². The van der Waals surface area contributed by atoms with Gasteiger partial charge in [-0.3, -0.25) is 4.79 Å². The largest absolute Gasteiger partial charge is 0.494 e. The summed E-state index contributed by atoms with van der Waals surface area (Å²) < 4.78 is 27.8. The summed E-state index contributed by atoms with van der Waals surface area (Å²) in [5.41, 5.74) is 1.01. The summed E-state index contributed by atoms with van der Waals surface area (Å²) in [6.07, 6.45) is 2.41. The molecular formula is C21H23N9O3S. The highest BCUT2D eigenvalue weighted by Crippen LogP contribution is 2.40. The molecule has 1 atom stereocenters. The van der Waals surface area contributed by atoms with Crippen LogP contribution in [0, 0.1) is 0 Å². The van der Waals surface area contributed by atoms with E-state index in [4.69, 9.17) is 8.85 Å². The van der Waals surface area contributed by atoms with E-state index in [1.165, 1.54) is 35.5 Å². The number of hydrogen-bond acceptors (Lipinski definition) is 11. The number of carbonyl (C=O) groups is 1. The summed E-state index contributed by atoms with van der Waals surface area (Å²) in [7, 11) is 3.14. The number of benzene rings is 1. The molecule has 13 heteroatoms. The minimum atomic E-state index is -2.73. The lowest BCUT2D eigenvalue weighted by Crippen LogP contribution is -2.21. The van der Waals surface area contributed by atoms with Gasteiger partial charge in [0.1, 0.15) is 5.01 Å². The van der Waals surface area contributed by atoms with Gasteiger partial charge in [-0.05, 0) is 19.1 Å². The quantitative estimate of drug-likeness (QED) is 0.294. The second-order valence-corrected chi connectivity index (χ2v) is 8.11. The normalized spacial score (nSPS) is 13.4. The third-order valence-corrected chi connectivity index (χ3v) is 5.83. The van der Waals surface area contributed by atoms with Crippen molar-refractivity contribution >= 4 is 40.3 Å². The molecule has 4 N–H and O–H groups in total. The third kappa shape index (κ3) is 4.79. The van der Waals surface area contributed by atoms with E-state index in [0.29, 0.717) is 32.7 Å². The second-order valence-electron chi connectivity index (χ2n) is 7.05. The molecule has 12 nitrogen and oxygen atoms in total. The van der Waals surface area contributed by atoms with Crippen LogP contribution in [0.15, 0.2) is 36.7 Å². The maximum Gasteiger partial charge on any atom is 0.273 e. The molecule has 0 spiro atoms. The van der Waals surface area contributed by atoms with E-state index in [1.807, 2.05) is 11.4 Å². The molecule has 4 aromatic rings. The number of rotatable bonds is 8. The molecular weight excluding hydrogens is 458 g/mol. The number of aliphatic hydroxyl groups is 1. The van der Waals surface area contributed by atoms with Gasteiger partial charge in [-0.1, -0.05) is 6.07 Å². The predicted molar refractivity (Wildman–Crippen MR) is 128 cm³/mol. The van der Waals surface area contributed by atoms with Gasteiger partial charge in [0.25, 0.3) is 5.91 Å². The second kappa shape index (κ2) is 9.80. The molecule has 4 rings (SSSR count). The Balaban J connectivity index is 1.74. The fourth-order valence-electron chi connectivity index (χ4n) is 3.08. The maximum atomic E-state index is 12.7. The maximum absolute atomic E-state index is 12.7. The van der Waals surface area contributed by atoms with Crippen molar-refractivity contribution in [1.82, 2.24) is 35.5 Å². The predicted octanol–water partition coefficient (Wildman–Crippen LogP) is 2.64. The van der Waals surface area contributed by atoms with Crippen LogP contribution < -0.4 is 20.7 Å². The number of para-hydroxylation sites is 1. The van der Waals surface area contributed by atoms with Crippen molar-refractivity contribution in [3.05, 3.63) is 47.2 Å². The average molecular weight is 485 g/mol. The minimum Gasteiger partial charge on any atom is -0.494 e. The molecule has 0 radical (unpaired) electrons. The van der Waals surface area contributed by atoms with E-state index < -0.39 is 19.0 Å². The van der Waals surface area contributed by atoms with Gasteiger partial charge >= 0.3 is 0 Å². The van der Waals surface area contributed by atoms with Crippen LogP contribution in [-0.4, -0.2) is 55.3 Å². The summed E-state index contributed by atoms with van der Waals surface area (Å²) in [4.78, 5) is 19.2. The number of nitrogens with zero attached hydrogens (tertiary/aromatic N) is 6. The Labute approximate surface area is 203 Å². The molecule has 0 aliphatic heterocycles. The van der Waals surface area contributed by atoms with Gasteiger partial charge in [0.05, 0.1) is 41.2 Å². The first-order valence-corrected chi connectivity index (χ1v) is 10.8. The number of aliphatic hydroxyl groups excluding tert-OH is 1. The van der Waals surface area contributed by atoms with Crippen molar-refractivity contribution in [2.75, 3.05) is 24.7 Å². The SMILES string of the molecule is [2H]C([2H])([2H])NC(=O)c1nnc(Nc2cnn(C)n2)cc1Nc1cccc(-c2ncc(C(C)O)s2)c1OC. The zero-order valence-electron chi connectivity index (χ0n) is 21.4. The topological polar surface area (TPSA) is 152 Å². The number of ether oxygens (including phenoxy) is 1. The van der Waals surface area contributed by atoms with Crippen LogP contribution in [0.4, 0.5) is 23.0 Å². The molecule has 0 aliphatic rings. The summed E-state index contributed by atoms with van der Waals surface area (Å²) in [6, 6.07) is 6.77. The Morgan fingerprint density at radius 3 is 2.76 bits per heavy atom. The van der Waals surface area contributed by atoms with Crippen molar-refractivity contribution in [2.45, 2.75) is 13.0 Å². The van der Waals surface area contributed by atoms with E-state index in [2.05, 4.69) is 36.0 Å². The molecule has 34 heavy (non-hydrogen) atoms. The first-order chi connectivity index (χ1) is 17.5. The average Bonchev–Trinajstić information content (AvgIpc) is 3.47. The lowest BCUT2D eigenvalue weighted by molar-refractivity contribution is 0.0958. The molecule has 0 saturated carbocycles. The lowest BCUT2D eigenvalue weighted by atomic mass is 10.1. The molecule has 3 heterocycles. The molecule has 0 aliphatic carbocycles. The first-order valence-electron chi connectivity index (χ1n) is 11.5. The first kappa shape index (κ1) is 19.4. The number of nitrogens with one attached hydrogen (secondary N) is 3. The molecule has 3 aromatic heterocycles. The Hall–Kier alpha value is -4.10. The number of hydrogen-bond donors (Lipinski definition) is 4. The monoisotopic (exact) mass is 484 g/mol. The summed E-state index contributed by atoms with van der Waals surface area (Å²) >= 11 is 1.32. The summed E-state index contributed by atoms with van der Waals surface area (Å²) in [6.45, 7) is -1.07. The molecule has 176 valence electrons. The Bertz CT molecular complexity index is 1420. The zero-order valence-corrected chi connectivity index (χ0v) is 19.2. The number of aryl methyl sites for hydroxylation is 1. The summed E-state index contributed by atoms with van der Waals surface area (Å²) in [5, 5.41) is 34.5. The van der Waals surface area contributed by atoms with Crippen molar-refractivity contribution in [3.63, 3.8) is 0 Å². The third-order valence-electron chi connectivity index (χ3n) is 4.63. The Morgan fingerprint density at radius 2 is 2.09 bits per heavy atom. The zero-order chi connectivity index (χ0) is 26.7. The van der Waals surface area contributed by atoms with Crippen LogP contribution >= 0.6 is 11.3 Å². The lowest BCUT2D eigenvalue weighted by Gasteiger charge is -2.16. The molecule has 0 bridgehead atoms. The van der Waals surface area contributed by atoms with E-state index in [9.17, 15) is 9.90 Å². The molecule has 1 amide bonds. The number of thiazole rings is 1. The fourth-order valence-corrected chi connectivity index (χ4v) is 3.96. The van der Waals surface area contributed by atoms with Gasteiger partial charge in [-0.2, -0.15) is 9.90 Å². The number of amides is 1. The van der Waals surface area contributed by atoms with Crippen LogP contribution in [0.2, 0.25) is 0 Å². The number of carbonyl (C=O) groups excluding carboxylic acids is 1. The van der Waals surface area contributed by atoms with Gasteiger partial charge < -0.3 is 25.8 Å². The van der Waals surface area contributed by atoms with Gasteiger partial charge in [-0.15, -0.1) is 26.6 Å². The van der Waals surface area contributed by atoms with Gasteiger partial charge in [0.2, 0.25) is 0 Å². The van der Waals surface area contributed by atoms with E-state index in [0.717, 1.165) is 0 Å². The standard InChI is InChI=1S/C21H23N9O3S/c1-11(31)15-9-23-21(34-15)12-6-5-7-13(19(12)33-4)25-14-8-16(26-17-10-24-30(3)29-17)27-28-18(14)20(32)22-2/h5-11,31H,1-4H3,(H,22,32)(H2,25,26,27,29)/i2D3. The van der Waals surface area contributed by atoms with Crippen LogP contribution in [0.3, 0.4) is 0 Å². The molecule has 1 unspecified atom stereocenters. The number of aromatic nitrogens is 6. The van der Waals surface area contributed by atoms with Crippen molar-refractivity contribution in [3.8, 4) is 16.3 Å². The van der Waals surface area contributed by atoms with Gasteiger partial charge in [0.15, 0.2) is 23.1 Å². The van der Waals surface area contributed by atoms with E-state index >= 15 is 0 Å². The van der Waals surface area contributed by atoms with E-state index in [1.54, 1.807) is 32.3 Å². The van der Waals surface area contributed by atoms with Crippen molar-refractivity contribution in [1.29, 1.82) is 0 Å². The van der Waals surface area contributed by atoms with Crippen LogP contribution in [-0.2, 0) is 7.05 Å². The smallest absolute Gasteiger partial charge is 0.273 e. The van der Waals surface area contributed by atoms with Crippen molar-refractivity contribution in [2.24, 2.45) is 7.05 Å². The summed E-state index contributed by atoms with van der Waals surface area (Å²) in [5.74, 6) is 0.0823. The van der Waals surface area contributed by atoms with Crippen LogP contribution in [0.5, 0.6) is 5.75 Å². The van der Waals surface area contributed by atoms with Gasteiger partial charge in [-0.25, -0.2) is 4.98 Å². The Kier molecular flexibility index (Phi) is 5.59. The minimum absolute atomic E-state index is 0.155. The molecule has 0 saturated heterocycles. The number of anilines is 4. The highest BCUT2D eigenvalue weighted by molar-refractivity contribution is 7.15. The Morgan fingerprint density at radius 1 is 1.24 bits per heavy atom. The highest BCUT2D eigenvalue weighted by atomic mass is 32.1. The highest BCUT2D eigenvalue weighted by Gasteiger charge is 2.19. The molecule has 0 fully saturated rings. The number of methoxy groups -OCH3 is 1.